The number of rotatable bonds is 10. The molecule has 1 saturated heterocycles. The minimum atomic E-state index is -1.16. The molecule has 0 radical (unpaired) electrons. The number of hydrogen-bond acceptors (Lipinski definition) is 7. The molecule has 1 rings (SSSR count). The first-order chi connectivity index (χ1) is 10.8. The van der Waals surface area contributed by atoms with Crippen molar-refractivity contribution in [2.75, 3.05) is 12.3 Å². The lowest BCUT2D eigenvalue weighted by atomic mass is 10.2. The number of imide groups is 1. The number of likely N-dealkylation sites (tertiary alicyclic amines) is 1. The van der Waals surface area contributed by atoms with Gasteiger partial charge in [0.05, 0.1) is 5.25 Å². The van der Waals surface area contributed by atoms with E-state index in [-0.39, 0.29) is 18.0 Å². The largest absolute Gasteiger partial charge is 0.480 e. The number of ketones is 1. The van der Waals surface area contributed by atoms with Gasteiger partial charge in [0.25, 0.3) is 0 Å². The lowest BCUT2D eigenvalue weighted by molar-refractivity contribution is -0.146. The van der Waals surface area contributed by atoms with Crippen LogP contribution in [-0.4, -0.2) is 63.3 Å². The van der Waals surface area contributed by atoms with Crippen molar-refractivity contribution < 1.29 is 24.3 Å². The normalized spacial score (nSPS) is 20.7. The van der Waals surface area contributed by atoms with E-state index in [2.05, 4.69) is 5.32 Å². The summed E-state index contributed by atoms with van der Waals surface area (Å²) in [6, 6.07) is -1.09. The Morgan fingerprint density at radius 3 is 2.65 bits per heavy atom. The molecule has 23 heavy (non-hydrogen) atoms. The maximum atomic E-state index is 12.4. The van der Waals surface area contributed by atoms with Crippen LogP contribution in [0.3, 0.4) is 0 Å². The molecule has 1 aliphatic rings. The molecule has 2 amide bonds. The molecule has 130 valence electrons. The summed E-state index contributed by atoms with van der Waals surface area (Å²) in [5.74, 6) is -2.34. The third kappa shape index (κ3) is 5.29. The summed E-state index contributed by atoms with van der Waals surface area (Å²) in [5.41, 5.74) is 5.40. The Kier molecular flexibility index (Phi) is 7.66. The molecule has 3 atom stereocenters. The number of carboxylic acids is 1. The molecular weight excluding hydrogens is 322 g/mol. The van der Waals surface area contributed by atoms with E-state index in [9.17, 15) is 19.2 Å². The number of Topliss-reactive ketones (excluding diaryl/α,β-unsaturated/α-hetero) is 1. The third-order valence-corrected chi connectivity index (χ3v) is 4.77. The van der Waals surface area contributed by atoms with Gasteiger partial charge in [0, 0.05) is 12.2 Å². The van der Waals surface area contributed by atoms with Gasteiger partial charge < -0.3 is 10.8 Å². The fourth-order valence-electron chi connectivity index (χ4n) is 2.15. The van der Waals surface area contributed by atoms with E-state index in [1.165, 1.54) is 6.92 Å². The number of amides is 2. The average Bonchev–Trinajstić information content (AvgIpc) is 2.75. The van der Waals surface area contributed by atoms with Crippen molar-refractivity contribution in [2.45, 2.75) is 50.6 Å². The first kappa shape index (κ1) is 19.6. The standard InChI is InChI=1S/C14H23N3O5S/c1-3-4-5-16-12(8(2)18)17-11(19)6-10(13(17)20)23-7-9(15)14(21)22/h9-10,12,16H,3-7,15H2,1-2H3,(H,21,22)/t9-,10?,12?/m0/s1. The molecule has 9 heteroatoms. The zero-order chi connectivity index (χ0) is 17.6. The molecule has 0 aromatic carbocycles. The topological polar surface area (TPSA) is 130 Å². The van der Waals surface area contributed by atoms with E-state index >= 15 is 0 Å². The molecule has 8 nitrogen and oxygen atoms in total. The van der Waals surface area contributed by atoms with Crippen molar-refractivity contribution >= 4 is 35.3 Å². The molecule has 1 heterocycles. The number of carbonyl (C=O) groups excluding carboxylic acids is 3. The SMILES string of the molecule is CCCCNC(C(C)=O)N1C(=O)CC(SC[C@H](N)C(=O)O)C1=O. The van der Waals surface area contributed by atoms with E-state index in [1.54, 1.807) is 0 Å². The highest BCUT2D eigenvalue weighted by Gasteiger charge is 2.44. The molecule has 0 aromatic rings. The predicted octanol–water partition coefficient (Wildman–Crippen LogP) is -0.436. The maximum absolute atomic E-state index is 12.4. The van der Waals surface area contributed by atoms with Crippen molar-refractivity contribution in [1.82, 2.24) is 10.2 Å². The van der Waals surface area contributed by atoms with Crippen molar-refractivity contribution in [3.05, 3.63) is 0 Å². The van der Waals surface area contributed by atoms with Crippen LogP contribution in [0.25, 0.3) is 0 Å². The Labute approximate surface area is 139 Å². The summed E-state index contributed by atoms with van der Waals surface area (Å²) in [5, 5.41) is 11.0. The molecule has 0 bridgehead atoms. The minimum absolute atomic E-state index is 0.0286. The molecule has 1 fully saturated rings. The quantitative estimate of drug-likeness (QED) is 0.359. The second kappa shape index (κ2) is 8.99. The Hall–Kier alpha value is -1.45. The fraction of sp³-hybridized carbons (Fsp3) is 0.714. The summed E-state index contributed by atoms with van der Waals surface area (Å²) in [6.07, 6.45) is 0.742. The van der Waals surface area contributed by atoms with Crippen LogP contribution in [0.5, 0.6) is 0 Å². The highest BCUT2D eigenvalue weighted by molar-refractivity contribution is 8.00. The van der Waals surface area contributed by atoms with Gasteiger partial charge in [-0.1, -0.05) is 13.3 Å². The first-order valence-corrected chi connectivity index (χ1v) is 8.54. The number of hydrogen-bond donors (Lipinski definition) is 3. The van der Waals surface area contributed by atoms with Crippen LogP contribution < -0.4 is 11.1 Å². The van der Waals surface area contributed by atoms with Crippen LogP contribution in [0.15, 0.2) is 0 Å². The Bertz CT molecular complexity index is 485. The van der Waals surface area contributed by atoms with E-state index in [4.69, 9.17) is 10.8 Å². The summed E-state index contributed by atoms with van der Waals surface area (Å²) in [7, 11) is 0. The number of carboxylic acid groups (broad SMARTS) is 1. The van der Waals surface area contributed by atoms with E-state index < -0.39 is 35.2 Å². The molecule has 1 aliphatic heterocycles. The van der Waals surface area contributed by atoms with E-state index in [1.807, 2.05) is 6.92 Å². The molecule has 0 aromatic heterocycles. The molecule has 0 saturated carbocycles. The summed E-state index contributed by atoms with van der Waals surface area (Å²) in [4.78, 5) is 47.9. The van der Waals surface area contributed by atoms with Crippen molar-refractivity contribution in [1.29, 1.82) is 0 Å². The molecule has 2 unspecified atom stereocenters. The van der Waals surface area contributed by atoms with Crippen molar-refractivity contribution in [3.63, 3.8) is 0 Å². The second-order valence-corrected chi connectivity index (χ2v) is 6.63. The van der Waals surface area contributed by atoms with Crippen LogP contribution in [0.4, 0.5) is 0 Å². The average molecular weight is 345 g/mol. The zero-order valence-corrected chi connectivity index (χ0v) is 14.1. The lowest BCUT2D eigenvalue weighted by Gasteiger charge is -2.25. The van der Waals surface area contributed by atoms with Crippen LogP contribution in [0.2, 0.25) is 0 Å². The van der Waals surface area contributed by atoms with Gasteiger partial charge in [-0.15, -0.1) is 11.8 Å². The van der Waals surface area contributed by atoms with Crippen molar-refractivity contribution in [3.8, 4) is 0 Å². The van der Waals surface area contributed by atoms with Crippen LogP contribution in [0, 0.1) is 0 Å². The smallest absolute Gasteiger partial charge is 0.321 e. The van der Waals surface area contributed by atoms with Crippen LogP contribution in [-0.2, 0) is 19.2 Å². The molecule has 0 spiro atoms. The number of unbranched alkanes of at least 4 members (excludes halogenated alkanes) is 1. The van der Waals surface area contributed by atoms with Gasteiger partial charge in [-0.3, -0.25) is 29.4 Å². The van der Waals surface area contributed by atoms with Crippen LogP contribution >= 0.6 is 11.8 Å². The van der Waals surface area contributed by atoms with Gasteiger partial charge in [-0.25, -0.2) is 0 Å². The summed E-state index contributed by atoms with van der Waals surface area (Å²) >= 11 is 1.04. The summed E-state index contributed by atoms with van der Waals surface area (Å²) < 4.78 is 0. The van der Waals surface area contributed by atoms with Gasteiger partial charge in [-0.2, -0.15) is 0 Å². The number of nitrogens with one attached hydrogen (secondary N) is 1. The van der Waals surface area contributed by atoms with Gasteiger partial charge >= 0.3 is 5.97 Å². The predicted molar refractivity (Wildman–Crippen MR) is 85.7 cm³/mol. The van der Waals surface area contributed by atoms with Gasteiger partial charge in [0.15, 0.2) is 5.78 Å². The lowest BCUT2D eigenvalue weighted by Crippen LogP contribution is -2.53. The maximum Gasteiger partial charge on any atom is 0.321 e. The fourth-order valence-corrected chi connectivity index (χ4v) is 3.25. The van der Waals surface area contributed by atoms with Crippen LogP contribution in [0.1, 0.15) is 33.1 Å². The Morgan fingerprint density at radius 1 is 1.48 bits per heavy atom. The second-order valence-electron chi connectivity index (χ2n) is 5.39. The van der Waals surface area contributed by atoms with E-state index in [0.29, 0.717) is 6.54 Å². The number of nitrogens with two attached hydrogens (primary N) is 1. The third-order valence-electron chi connectivity index (χ3n) is 3.45. The van der Waals surface area contributed by atoms with Gasteiger partial charge in [0.1, 0.15) is 12.2 Å². The number of aliphatic carboxylic acids is 1. The molecule has 0 aliphatic carbocycles. The Morgan fingerprint density at radius 2 is 2.13 bits per heavy atom. The van der Waals surface area contributed by atoms with Gasteiger partial charge in [-0.05, 0) is 19.9 Å². The van der Waals surface area contributed by atoms with Crippen molar-refractivity contribution in [2.24, 2.45) is 5.73 Å². The monoisotopic (exact) mass is 345 g/mol. The Balaban J connectivity index is 2.71. The number of thioether (sulfide) groups is 1. The highest BCUT2D eigenvalue weighted by atomic mass is 32.2. The number of carbonyl (C=O) groups is 4. The van der Waals surface area contributed by atoms with E-state index in [0.717, 1.165) is 29.5 Å². The summed E-state index contributed by atoms with van der Waals surface area (Å²) in [6.45, 7) is 3.85. The zero-order valence-electron chi connectivity index (χ0n) is 13.3. The first-order valence-electron chi connectivity index (χ1n) is 7.49. The van der Waals surface area contributed by atoms with Gasteiger partial charge in [0.2, 0.25) is 11.8 Å². The molecular formula is C14H23N3O5S. The number of nitrogens with zero attached hydrogens (tertiary/aromatic N) is 1. The molecule has 4 N–H and O–H groups in total. The minimum Gasteiger partial charge on any atom is -0.480 e. The highest BCUT2D eigenvalue weighted by Crippen LogP contribution is 2.27.